The van der Waals surface area contributed by atoms with E-state index in [4.69, 9.17) is 5.41 Å². The van der Waals surface area contributed by atoms with E-state index in [2.05, 4.69) is 5.73 Å². The van der Waals surface area contributed by atoms with Gasteiger partial charge in [-0.1, -0.05) is 0 Å². The first-order valence-electron chi connectivity index (χ1n) is 1.13. The van der Waals surface area contributed by atoms with Crippen LogP contribution in [0.15, 0.2) is 0 Å². The molecule has 5 heteroatoms. The third kappa shape index (κ3) is 1.71. The van der Waals surface area contributed by atoms with Crippen molar-refractivity contribution in [2.24, 2.45) is 5.73 Å². The van der Waals surface area contributed by atoms with Crippen LogP contribution in [0, 0.1) is 5.41 Å². The third-order valence-corrected chi connectivity index (χ3v) is 0.590. The predicted molar refractivity (Wildman–Crippen MR) is 22.2 cm³/mol. The molecule has 0 aromatic rings. The Morgan fingerprint density at radius 2 is 1.83 bits per heavy atom. The van der Waals surface area contributed by atoms with Crippen molar-refractivity contribution in [2.75, 3.05) is 0 Å². The molecule has 0 aliphatic carbocycles. The molecule has 3 N–H and O–H groups in total. The Balaban J connectivity index is 3.94. The van der Waals surface area contributed by atoms with E-state index in [-0.39, 0.29) is 0 Å². The molecule has 0 unspecified atom stereocenters. The Morgan fingerprint density at radius 3 is 1.83 bits per heavy atom. The molecule has 0 atom stereocenters. The Hall–Kier alpha value is -0.580. The van der Waals surface area contributed by atoms with Gasteiger partial charge in [-0.05, 0) is 0 Å². The minimum Gasteiger partial charge on any atom is -0.375 e. The van der Waals surface area contributed by atoms with Crippen molar-refractivity contribution in [1.29, 1.82) is 5.41 Å². The Morgan fingerprint density at radius 1 is 1.67 bits per heavy atom. The molecule has 0 heterocycles. The van der Waals surface area contributed by atoms with Crippen molar-refractivity contribution in [3.05, 3.63) is 0 Å². The third-order valence-electron chi connectivity index (χ3n) is 0.197. The SMILES string of the molecule is N=C(N)[SH](=O)=O. The van der Waals surface area contributed by atoms with Crippen LogP contribution in [0.2, 0.25) is 0 Å². The molecule has 0 aliphatic rings. The predicted octanol–water partition coefficient (Wildman–Crippen LogP) is -1.51. The minimum absolute atomic E-state index is 0.787. The van der Waals surface area contributed by atoms with Crippen LogP contribution in [-0.2, 0) is 10.7 Å². The van der Waals surface area contributed by atoms with Crippen LogP contribution in [0.4, 0.5) is 0 Å². The second-order valence-corrected chi connectivity index (χ2v) is 1.64. The lowest BCUT2D eigenvalue weighted by molar-refractivity contribution is 0.623. The van der Waals surface area contributed by atoms with Crippen LogP contribution in [0.3, 0.4) is 0 Å². The Bertz CT molecular complexity index is 118. The molecular weight excluding hydrogens is 104 g/mol. The fraction of sp³-hybridized carbons (Fsp3) is 0. The van der Waals surface area contributed by atoms with E-state index in [1.165, 1.54) is 0 Å². The molecule has 0 amide bonds. The highest BCUT2D eigenvalue weighted by atomic mass is 32.2. The van der Waals surface area contributed by atoms with Crippen molar-refractivity contribution in [3.63, 3.8) is 0 Å². The molecule has 36 valence electrons. The van der Waals surface area contributed by atoms with Crippen molar-refractivity contribution < 1.29 is 8.42 Å². The number of nitrogens with two attached hydrogens (primary N) is 1. The van der Waals surface area contributed by atoms with Gasteiger partial charge in [-0.2, -0.15) is 0 Å². The van der Waals surface area contributed by atoms with E-state index in [1.807, 2.05) is 0 Å². The Labute approximate surface area is 36.4 Å². The summed E-state index contributed by atoms with van der Waals surface area (Å²) >= 11 is 0. The standard InChI is InChI=1S/CH4N2O2S/c2-1(3)6(4)5/h6H,(H3,2,3). The monoisotopic (exact) mass is 108 g/mol. The fourth-order valence-electron chi connectivity index (χ4n) is 0. The topological polar surface area (TPSA) is 84.0 Å². The fourth-order valence-corrected chi connectivity index (χ4v) is 0. The molecule has 0 saturated heterocycles. The summed E-state index contributed by atoms with van der Waals surface area (Å²) in [4.78, 5) is 0. The summed E-state index contributed by atoms with van der Waals surface area (Å²) in [7, 11) is -2.80. The van der Waals surface area contributed by atoms with E-state index < -0.39 is 15.9 Å². The summed E-state index contributed by atoms with van der Waals surface area (Å²) in [6, 6.07) is 0. The van der Waals surface area contributed by atoms with Gasteiger partial charge in [0, 0.05) is 0 Å². The summed E-state index contributed by atoms with van der Waals surface area (Å²) < 4.78 is 18.8. The number of hydrogen-bond acceptors (Lipinski definition) is 3. The lowest BCUT2D eigenvalue weighted by Gasteiger charge is -1.70. The highest BCUT2D eigenvalue weighted by Gasteiger charge is 1.81. The van der Waals surface area contributed by atoms with Crippen molar-refractivity contribution >= 4 is 15.9 Å². The highest BCUT2D eigenvalue weighted by molar-refractivity contribution is 7.89. The summed E-state index contributed by atoms with van der Waals surface area (Å²) in [5, 5.41) is 5.34. The first-order valence-corrected chi connectivity index (χ1v) is 2.30. The van der Waals surface area contributed by atoms with Crippen molar-refractivity contribution in [1.82, 2.24) is 0 Å². The van der Waals surface area contributed by atoms with Gasteiger partial charge in [0.25, 0.3) is 0 Å². The van der Waals surface area contributed by atoms with Crippen molar-refractivity contribution in [3.8, 4) is 0 Å². The zero-order valence-electron chi connectivity index (χ0n) is 2.84. The molecule has 0 aromatic heterocycles. The van der Waals surface area contributed by atoms with Gasteiger partial charge in [0.15, 0.2) is 0 Å². The summed E-state index contributed by atoms with van der Waals surface area (Å²) in [5.41, 5.74) is 4.42. The lowest BCUT2D eigenvalue weighted by Crippen LogP contribution is -2.09. The van der Waals surface area contributed by atoms with Gasteiger partial charge in [0.05, 0.1) is 0 Å². The molecule has 0 aromatic carbocycles. The van der Waals surface area contributed by atoms with Crippen LogP contribution in [0.5, 0.6) is 0 Å². The summed E-state index contributed by atoms with van der Waals surface area (Å²) in [6.45, 7) is 0. The van der Waals surface area contributed by atoms with E-state index in [0.29, 0.717) is 0 Å². The van der Waals surface area contributed by atoms with E-state index >= 15 is 0 Å². The number of hydrogen-bond donors (Lipinski definition) is 3. The smallest absolute Gasteiger partial charge is 0.208 e. The van der Waals surface area contributed by atoms with Crippen LogP contribution in [0.25, 0.3) is 0 Å². The molecule has 0 aliphatic heterocycles. The van der Waals surface area contributed by atoms with Gasteiger partial charge in [0.1, 0.15) is 0 Å². The second-order valence-electron chi connectivity index (χ2n) is 0.642. The first-order chi connectivity index (χ1) is 2.64. The van der Waals surface area contributed by atoms with Crippen LogP contribution in [0.1, 0.15) is 0 Å². The average molecular weight is 108 g/mol. The second kappa shape index (κ2) is 1.76. The molecule has 0 bridgehead atoms. The number of rotatable bonds is 0. The molecule has 0 fully saturated rings. The zero-order valence-corrected chi connectivity index (χ0v) is 3.74. The maximum absolute atomic E-state index is 9.39. The molecule has 4 nitrogen and oxygen atoms in total. The van der Waals surface area contributed by atoms with Gasteiger partial charge in [-0.15, -0.1) is 0 Å². The molecule has 6 heavy (non-hydrogen) atoms. The minimum atomic E-state index is -2.80. The highest BCUT2D eigenvalue weighted by Crippen LogP contribution is 1.51. The Kier molecular flexibility index (Phi) is 1.59. The molecule has 0 spiro atoms. The first kappa shape index (κ1) is 5.42. The van der Waals surface area contributed by atoms with Gasteiger partial charge in [-0.3, -0.25) is 5.41 Å². The zero-order chi connectivity index (χ0) is 5.15. The van der Waals surface area contributed by atoms with Crippen LogP contribution >= 0.6 is 0 Å². The molecule has 0 rings (SSSR count). The van der Waals surface area contributed by atoms with Gasteiger partial charge in [0.2, 0.25) is 15.9 Å². The summed E-state index contributed by atoms with van der Waals surface area (Å²) in [6.07, 6.45) is 0. The van der Waals surface area contributed by atoms with Crippen molar-refractivity contribution in [2.45, 2.75) is 0 Å². The normalized spacial score (nSPS) is 8.83. The average Bonchev–Trinajstić information content (AvgIpc) is 1.36. The quantitative estimate of drug-likeness (QED) is 0.200. The number of nitrogens with one attached hydrogen (secondary N) is 1. The van der Waals surface area contributed by atoms with E-state index in [9.17, 15) is 8.42 Å². The maximum Gasteiger partial charge on any atom is 0.208 e. The van der Waals surface area contributed by atoms with Crippen LogP contribution in [-0.4, -0.2) is 13.6 Å². The van der Waals surface area contributed by atoms with Gasteiger partial charge in [-0.25, -0.2) is 8.42 Å². The molecule has 0 saturated carbocycles. The molecular formula is CH4N2O2S. The lowest BCUT2D eigenvalue weighted by atomic mass is 11.4. The van der Waals surface area contributed by atoms with Crippen LogP contribution < -0.4 is 5.73 Å². The maximum atomic E-state index is 9.39. The number of thiol groups is 1. The number of amidine groups is 1. The largest absolute Gasteiger partial charge is 0.375 e. The van der Waals surface area contributed by atoms with E-state index in [0.717, 1.165) is 0 Å². The van der Waals surface area contributed by atoms with E-state index in [1.54, 1.807) is 0 Å². The van der Waals surface area contributed by atoms with Gasteiger partial charge >= 0.3 is 0 Å². The summed E-state index contributed by atoms with van der Waals surface area (Å²) in [5.74, 6) is 0. The molecule has 0 radical (unpaired) electrons. The van der Waals surface area contributed by atoms with Gasteiger partial charge < -0.3 is 5.73 Å².